The molecular weight excluding hydrogens is 1810 g/mol. The van der Waals surface area contributed by atoms with Crippen molar-refractivity contribution in [2.24, 2.45) is 23.7 Å². The smallest absolute Gasteiger partial charge is 0.194 e. The number of unbranched alkanes of at least 4 members (excludes halogenated alkanes) is 3. The highest BCUT2D eigenvalue weighted by molar-refractivity contribution is 5.67. The molecule has 732 valence electrons. The highest BCUT2D eigenvalue weighted by Gasteiger charge is 2.31. The van der Waals surface area contributed by atoms with Gasteiger partial charge in [-0.15, -0.1) is 0 Å². The van der Waals surface area contributed by atoms with Crippen molar-refractivity contribution in [1.82, 2.24) is 0 Å². The molecule has 0 bridgehead atoms. The van der Waals surface area contributed by atoms with Crippen LogP contribution in [0.25, 0.3) is 44.5 Å². The molecule has 0 radical (unpaired) electrons. The summed E-state index contributed by atoms with van der Waals surface area (Å²) < 4.78 is 298. The van der Waals surface area contributed by atoms with Crippen molar-refractivity contribution in [3.63, 3.8) is 0 Å². The minimum absolute atomic E-state index is 0.216. The summed E-state index contributed by atoms with van der Waals surface area (Å²) in [4.78, 5) is 0. The number of hydrogen-bond donors (Lipinski definition) is 0. The van der Waals surface area contributed by atoms with Crippen molar-refractivity contribution in [2.45, 2.75) is 218 Å². The van der Waals surface area contributed by atoms with Gasteiger partial charge in [0, 0.05) is 0 Å². The number of hydrogen-bond acceptors (Lipinski definition) is 4. The third-order valence-electron chi connectivity index (χ3n) is 27.1. The summed E-state index contributed by atoms with van der Waals surface area (Å²) in [6.45, 7) is 9.01. The van der Waals surface area contributed by atoms with Gasteiger partial charge in [-0.3, -0.25) is 0 Å². The molecule has 4 fully saturated rings. The summed E-state index contributed by atoms with van der Waals surface area (Å²) in [5.41, 5.74) is 10.6. The van der Waals surface area contributed by atoms with Crippen LogP contribution in [-0.4, -0.2) is 26.4 Å². The molecule has 12 aromatic carbocycles. The fraction of sp³-hybridized carbons (Fsp3) is 0.368. The van der Waals surface area contributed by atoms with Gasteiger partial charge in [0.25, 0.3) is 0 Å². The van der Waals surface area contributed by atoms with E-state index in [2.05, 4.69) is 6.92 Å². The standard InChI is InChI=1S/C30H31F5O.C29H29F5O.C28H27F5O.C27H25F5O/c1-2-3-4-5-20-14-27(33)30(28(34)15-20)36-18-19-6-8-21(9-7-19)22-10-12-23(13-11-22)24-16-25(31)29(35)26(32)17-24;1-2-3-4-19-13-26(32)29(27(33)14-19)35-17-18-5-7-20(8-6-18)21-9-11-22(12-10-21)23-15-24(30)28(34)25(31)16-23;1-2-3-18-12-25(31)28(26(32)13-18)34-16-17-4-6-19(7-5-17)20-8-10-21(11-9-20)22-14-23(29)27(33)24(30)15-22;1-2-16-11-24(30)27(25(31)12-16)33-15-17-3-5-18(6-4-17)19-7-9-20(10-8-19)21-13-22(28)26(32)23(29)14-21/h10-17,19,21H,2-9,18H2,1H3;9-16,18,20H,2-8,17H2,1H3;8-15,17,19H,2-7,16H2,1H3;7-14,17-18H,2-6,15H2,1H3. The molecule has 0 aromatic heterocycles. The van der Waals surface area contributed by atoms with Crippen LogP contribution in [0.4, 0.5) is 87.8 Å². The molecule has 0 heterocycles. The third kappa shape index (κ3) is 27.5. The maximum Gasteiger partial charge on any atom is 0.194 e. The predicted octanol–water partition coefficient (Wildman–Crippen LogP) is 34.2. The summed E-state index contributed by atoms with van der Waals surface area (Å²) in [7, 11) is 0. The molecule has 24 heteroatoms. The van der Waals surface area contributed by atoms with Crippen LogP contribution in [0.3, 0.4) is 0 Å². The Morgan fingerprint density at radius 3 is 0.587 bits per heavy atom. The van der Waals surface area contributed by atoms with E-state index in [1.54, 1.807) is 48.5 Å². The fourth-order valence-electron chi connectivity index (χ4n) is 19.0. The molecule has 16 rings (SSSR count). The van der Waals surface area contributed by atoms with Gasteiger partial charge in [0.2, 0.25) is 0 Å². The first-order valence-corrected chi connectivity index (χ1v) is 47.8. The number of rotatable bonds is 30. The number of aryl methyl sites for hydroxylation is 4. The van der Waals surface area contributed by atoms with Crippen molar-refractivity contribution in [2.75, 3.05) is 26.4 Å². The molecule has 0 N–H and O–H groups in total. The normalized spacial score (nSPS) is 18.1. The Hall–Kier alpha value is -11.6. The molecule has 138 heavy (non-hydrogen) atoms. The molecular formula is C114H112F20O4. The first-order chi connectivity index (χ1) is 66.4. The van der Waals surface area contributed by atoms with Gasteiger partial charge in [-0.05, 0) is 375 Å². The predicted molar refractivity (Wildman–Crippen MR) is 498 cm³/mol. The molecule has 0 spiro atoms. The lowest BCUT2D eigenvalue weighted by atomic mass is 9.79. The zero-order valence-corrected chi connectivity index (χ0v) is 77.5. The second-order valence-electron chi connectivity index (χ2n) is 36.8. The topological polar surface area (TPSA) is 36.9 Å². The average molecular weight is 1930 g/mol. The molecule has 4 saturated carbocycles. The Kier molecular flexibility index (Phi) is 37.1. The molecule has 4 nitrogen and oxygen atoms in total. The second kappa shape index (κ2) is 49.3. The highest BCUT2D eigenvalue weighted by Crippen LogP contribution is 2.44. The van der Waals surface area contributed by atoms with Crippen LogP contribution in [0.5, 0.6) is 23.0 Å². The zero-order valence-electron chi connectivity index (χ0n) is 77.5. The van der Waals surface area contributed by atoms with E-state index >= 15 is 0 Å². The maximum atomic E-state index is 14.5. The Morgan fingerprint density at radius 2 is 0.391 bits per heavy atom. The third-order valence-corrected chi connectivity index (χ3v) is 27.1. The summed E-state index contributed by atoms with van der Waals surface area (Å²) in [6.07, 6.45) is 22.4. The van der Waals surface area contributed by atoms with Crippen LogP contribution in [-0.2, 0) is 25.7 Å². The maximum absolute atomic E-state index is 14.5. The zero-order chi connectivity index (χ0) is 98.4. The van der Waals surface area contributed by atoms with Crippen LogP contribution < -0.4 is 18.9 Å². The number of ether oxygens (including phenoxy) is 4. The van der Waals surface area contributed by atoms with Crippen molar-refractivity contribution in [3.05, 3.63) is 355 Å². The van der Waals surface area contributed by atoms with Gasteiger partial charge in [0.1, 0.15) is 0 Å². The van der Waals surface area contributed by atoms with E-state index in [1.165, 1.54) is 48.5 Å². The van der Waals surface area contributed by atoms with Crippen molar-refractivity contribution >= 4 is 0 Å². The van der Waals surface area contributed by atoms with Gasteiger partial charge >= 0.3 is 0 Å². The Bertz CT molecular complexity index is 5850. The molecule has 0 aliphatic heterocycles. The van der Waals surface area contributed by atoms with E-state index in [9.17, 15) is 87.8 Å². The molecule has 4 aliphatic rings. The van der Waals surface area contributed by atoms with Gasteiger partial charge in [0.05, 0.1) is 26.4 Å². The quantitative estimate of drug-likeness (QED) is 0.0255. The lowest BCUT2D eigenvalue weighted by Crippen LogP contribution is -2.20. The Labute approximate surface area is 793 Å². The minimum Gasteiger partial charge on any atom is -0.487 e. The van der Waals surface area contributed by atoms with Gasteiger partial charge in [0.15, 0.2) is 139 Å². The van der Waals surface area contributed by atoms with Gasteiger partial charge in [-0.25, -0.2) is 87.8 Å². The second-order valence-corrected chi connectivity index (χ2v) is 36.8. The van der Waals surface area contributed by atoms with E-state index in [1.807, 2.05) is 69.3 Å². The summed E-state index contributed by atoms with van der Waals surface area (Å²) >= 11 is 0. The molecule has 0 atom stereocenters. The Morgan fingerprint density at radius 1 is 0.196 bits per heavy atom. The molecule has 0 amide bonds. The summed E-state index contributed by atoms with van der Waals surface area (Å²) in [5, 5.41) is 0. The minimum atomic E-state index is -1.47. The first-order valence-electron chi connectivity index (χ1n) is 47.8. The SMILES string of the molecule is CCCCCc1cc(F)c(OCC2CCC(c3ccc(-c4cc(F)c(F)c(F)c4)cc3)CC2)c(F)c1.CCCCc1cc(F)c(OCC2CCC(c3ccc(-c4cc(F)c(F)c(F)c4)cc3)CC2)c(F)c1.CCCc1cc(F)c(OCC2CCC(c3ccc(-c4cc(F)c(F)c(F)c4)cc3)CC2)c(F)c1.CCc1cc(F)c(OCC2CCC(c3ccc(-c4cc(F)c(F)c(F)c4)cc3)CC2)c(F)c1. The van der Waals surface area contributed by atoms with Gasteiger partial charge in [-0.2, -0.15) is 0 Å². The van der Waals surface area contributed by atoms with E-state index in [4.69, 9.17) is 18.9 Å². The fourth-order valence-corrected chi connectivity index (χ4v) is 19.0. The van der Waals surface area contributed by atoms with Gasteiger partial charge < -0.3 is 18.9 Å². The molecule has 0 saturated heterocycles. The van der Waals surface area contributed by atoms with Crippen LogP contribution in [0.1, 0.15) is 237 Å². The molecule has 0 unspecified atom stereocenters. The van der Waals surface area contributed by atoms with Crippen LogP contribution >= 0.6 is 0 Å². The highest BCUT2D eigenvalue weighted by atomic mass is 19.2. The summed E-state index contributed by atoms with van der Waals surface area (Å²) in [5.74, 6) is -19.8. The largest absolute Gasteiger partial charge is 0.487 e. The van der Waals surface area contributed by atoms with Crippen molar-refractivity contribution < 1.29 is 107 Å². The van der Waals surface area contributed by atoms with Crippen molar-refractivity contribution in [1.29, 1.82) is 0 Å². The van der Waals surface area contributed by atoms with Gasteiger partial charge in [-0.1, -0.05) is 150 Å². The monoisotopic (exact) mass is 1920 g/mol. The van der Waals surface area contributed by atoms with Crippen LogP contribution in [0, 0.1) is 140 Å². The molecule has 12 aromatic rings. The lowest BCUT2D eigenvalue weighted by molar-refractivity contribution is 0.188. The van der Waals surface area contributed by atoms with E-state index in [0.29, 0.717) is 93.9 Å². The van der Waals surface area contributed by atoms with E-state index < -0.39 is 116 Å². The van der Waals surface area contributed by atoms with E-state index in [-0.39, 0.29) is 95.4 Å². The molecule has 4 aliphatic carbocycles. The average Bonchev–Trinajstić information content (AvgIpc) is 0.907. The van der Waals surface area contributed by atoms with E-state index in [0.717, 1.165) is 212 Å². The number of halogens is 20. The van der Waals surface area contributed by atoms with Crippen LogP contribution in [0.15, 0.2) is 194 Å². The first kappa shape index (κ1) is 104. The van der Waals surface area contributed by atoms with Crippen molar-refractivity contribution in [3.8, 4) is 67.5 Å². The number of benzene rings is 12. The lowest BCUT2D eigenvalue weighted by Gasteiger charge is -2.29. The Balaban J connectivity index is 0.000000155. The summed E-state index contributed by atoms with van der Waals surface area (Å²) in [6, 6.07) is 48.4. The van der Waals surface area contributed by atoms with Crippen LogP contribution in [0.2, 0.25) is 0 Å².